The van der Waals surface area contributed by atoms with Gasteiger partial charge in [0, 0.05) is 25.6 Å². The third-order valence-electron chi connectivity index (χ3n) is 4.38. The number of hydrogen-bond donors (Lipinski definition) is 2. The van der Waals surface area contributed by atoms with Gasteiger partial charge in [0.2, 0.25) is 5.91 Å². The van der Waals surface area contributed by atoms with Crippen LogP contribution in [0.3, 0.4) is 0 Å². The molecule has 0 spiro atoms. The van der Waals surface area contributed by atoms with Crippen LogP contribution in [-0.2, 0) is 4.79 Å². The van der Waals surface area contributed by atoms with Crippen molar-refractivity contribution in [2.24, 2.45) is 11.7 Å². The van der Waals surface area contributed by atoms with Gasteiger partial charge in [-0.2, -0.15) is 0 Å². The minimum Gasteiger partial charge on any atom is -0.330 e. The number of nitrogens with two attached hydrogens (primary N) is 1. The maximum absolute atomic E-state index is 11.2. The largest absolute Gasteiger partial charge is 0.330 e. The lowest BCUT2D eigenvalue weighted by Crippen LogP contribution is -2.32. The molecule has 2 heterocycles. The first kappa shape index (κ1) is 13.4. The highest BCUT2D eigenvalue weighted by molar-refractivity contribution is 5.81. The molecule has 0 radical (unpaired) electrons. The Morgan fingerprint density at radius 2 is 2.10 bits per heavy atom. The van der Waals surface area contributed by atoms with Gasteiger partial charge in [0.25, 0.3) is 0 Å². The van der Waals surface area contributed by atoms with Gasteiger partial charge < -0.3 is 5.73 Å². The van der Waals surface area contributed by atoms with Crippen LogP contribution in [0.4, 0.5) is 5.69 Å². The van der Waals surface area contributed by atoms with E-state index in [-0.39, 0.29) is 5.91 Å². The van der Waals surface area contributed by atoms with E-state index in [1.54, 1.807) is 0 Å². The van der Waals surface area contributed by atoms with E-state index < -0.39 is 0 Å². The molecular weight excluding hydrogens is 252 g/mol. The molecule has 2 saturated heterocycles. The molecule has 2 fully saturated rings. The predicted octanol–water partition coefficient (Wildman–Crippen LogP) is 0.879. The molecule has 3 rings (SSSR count). The number of rotatable bonds is 3. The van der Waals surface area contributed by atoms with Gasteiger partial charge in [-0.25, -0.2) is 0 Å². The van der Waals surface area contributed by atoms with E-state index in [4.69, 9.17) is 5.73 Å². The van der Waals surface area contributed by atoms with Gasteiger partial charge in [-0.1, -0.05) is 12.1 Å². The Morgan fingerprint density at radius 3 is 2.65 bits per heavy atom. The lowest BCUT2D eigenvalue weighted by Gasteiger charge is -2.22. The van der Waals surface area contributed by atoms with Crippen LogP contribution in [0.25, 0.3) is 0 Å². The van der Waals surface area contributed by atoms with Crippen molar-refractivity contribution in [1.29, 1.82) is 0 Å². The van der Waals surface area contributed by atoms with Crippen molar-refractivity contribution < 1.29 is 4.79 Å². The summed E-state index contributed by atoms with van der Waals surface area (Å²) in [5.41, 5.74) is 11.0. The highest BCUT2D eigenvalue weighted by Gasteiger charge is 2.29. The van der Waals surface area contributed by atoms with Crippen LogP contribution in [-0.4, -0.2) is 37.5 Å². The Hall–Kier alpha value is -1.59. The van der Waals surface area contributed by atoms with Gasteiger partial charge >= 0.3 is 0 Å². The molecule has 108 valence electrons. The zero-order valence-electron chi connectivity index (χ0n) is 11.9. The summed E-state index contributed by atoms with van der Waals surface area (Å²) < 4.78 is 0. The molecule has 2 atom stereocenters. The Morgan fingerprint density at radius 1 is 1.35 bits per heavy atom. The van der Waals surface area contributed by atoms with Gasteiger partial charge in [0.05, 0.1) is 5.69 Å². The number of likely N-dealkylation sites (tertiary alicyclic amines) is 1. The fourth-order valence-corrected chi connectivity index (χ4v) is 3.21. The number of benzene rings is 1. The molecule has 1 aromatic rings. The Balaban J connectivity index is 1.71. The molecule has 0 aromatic heterocycles. The molecule has 0 saturated carbocycles. The predicted molar refractivity (Wildman–Crippen MR) is 79.1 cm³/mol. The van der Waals surface area contributed by atoms with Crippen LogP contribution >= 0.6 is 0 Å². The third-order valence-corrected chi connectivity index (χ3v) is 4.38. The average Bonchev–Trinajstić information content (AvgIpc) is 3.05. The van der Waals surface area contributed by atoms with E-state index in [0.717, 1.165) is 31.7 Å². The summed E-state index contributed by atoms with van der Waals surface area (Å²) in [6.07, 6.45) is 1.71. The number of nitrogens with zero attached hydrogens (tertiary/aromatic N) is 2. The molecule has 5 nitrogen and oxygen atoms in total. The number of carbonyl (C=O) groups is 1. The third kappa shape index (κ3) is 2.51. The lowest BCUT2D eigenvalue weighted by atomic mass is 10.00. The van der Waals surface area contributed by atoms with Crippen molar-refractivity contribution in [2.75, 3.05) is 31.7 Å². The number of hydrazine groups is 1. The second-order valence-electron chi connectivity index (χ2n) is 5.82. The first-order valence-electron chi connectivity index (χ1n) is 7.24. The van der Waals surface area contributed by atoms with Gasteiger partial charge in [-0.15, -0.1) is 0 Å². The molecule has 1 aromatic carbocycles. The SMILES string of the molecule is CN1CC(CN)CC1c1ccc(N2CCC(=O)N2)cc1. The minimum atomic E-state index is 0.0930. The molecule has 0 aliphatic carbocycles. The second-order valence-corrected chi connectivity index (χ2v) is 5.82. The minimum absolute atomic E-state index is 0.0930. The molecule has 5 heteroatoms. The molecule has 2 aliphatic heterocycles. The standard InChI is InChI=1S/C15H22N4O/c1-18-10-11(9-16)8-14(18)12-2-4-13(5-3-12)19-7-6-15(20)17-19/h2-5,11,14H,6-10,16H2,1H3,(H,17,20). The lowest BCUT2D eigenvalue weighted by molar-refractivity contribution is -0.119. The fraction of sp³-hybridized carbons (Fsp3) is 0.533. The molecule has 2 unspecified atom stereocenters. The Labute approximate surface area is 119 Å². The highest BCUT2D eigenvalue weighted by atomic mass is 16.2. The monoisotopic (exact) mass is 274 g/mol. The van der Waals surface area contributed by atoms with Crippen LogP contribution in [0.5, 0.6) is 0 Å². The Bertz CT molecular complexity index is 487. The van der Waals surface area contributed by atoms with E-state index in [9.17, 15) is 4.79 Å². The number of carbonyl (C=O) groups excluding carboxylic acids is 1. The fourth-order valence-electron chi connectivity index (χ4n) is 3.21. The number of nitrogens with one attached hydrogen (secondary N) is 1. The van der Waals surface area contributed by atoms with Crippen LogP contribution in [0.15, 0.2) is 24.3 Å². The van der Waals surface area contributed by atoms with Crippen molar-refractivity contribution >= 4 is 11.6 Å². The molecule has 3 N–H and O–H groups in total. The van der Waals surface area contributed by atoms with Crippen molar-refractivity contribution in [3.8, 4) is 0 Å². The summed E-state index contributed by atoms with van der Waals surface area (Å²) in [5.74, 6) is 0.693. The summed E-state index contributed by atoms with van der Waals surface area (Å²) in [6.45, 7) is 2.58. The first-order valence-corrected chi connectivity index (χ1v) is 7.24. The molecule has 20 heavy (non-hydrogen) atoms. The van der Waals surface area contributed by atoms with Crippen molar-refractivity contribution in [3.05, 3.63) is 29.8 Å². The van der Waals surface area contributed by atoms with Crippen molar-refractivity contribution in [2.45, 2.75) is 18.9 Å². The second kappa shape index (κ2) is 5.42. The van der Waals surface area contributed by atoms with Gasteiger partial charge in [-0.3, -0.25) is 20.1 Å². The van der Waals surface area contributed by atoms with Crippen LogP contribution < -0.4 is 16.2 Å². The maximum atomic E-state index is 11.2. The van der Waals surface area contributed by atoms with Gasteiger partial charge in [-0.05, 0) is 43.6 Å². The van der Waals surface area contributed by atoms with E-state index in [0.29, 0.717) is 18.4 Å². The zero-order valence-corrected chi connectivity index (χ0v) is 11.9. The van der Waals surface area contributed by atoms with E-state index in [1.807, 2.05) is 5.01 Å². The quantitative estimate of drug-likeness (QED) is 0.859. The summed E-state index contributed by atoms with van der Waals surface area (Å²) in [7, 11) is 2.16. The number of amides is 1. The van der Waals surface area contributed by atoms with Crippen molar-refractivity contribution in [3.63, 3.8) is 0 Å². The molecule has 1 amide bonds. The molecular formula is C15H22N4O. The van der Waals surface area contributed by atoms with E-state index in [1.165, 1.54) is 5.56 Å². The summed E-state index contributed by atoms with van der Waals surface area (Å²) in [6, 6.07) is 8.97. The van der Waals surface area contributed by atoms with Crippen LogP contribution in [0.2, 0.25) is 0 Å². The van der Waals surface area contributed by atoms with E-state index in [2.05, 4.69) is 41.6 Å². The summed E-state index contributed by atoms with van der Waals surface area (Å²) in [4.78, 5) is 13.6. The maximum Gasteiger partial charge on any atom is 0.240 e. The Kier molecular flexibility index (Phi) is 3.63. The van der Waals surface area contributed by atoms with Crippen LogP contribution in [0.1, 0.15) is 24.4 Å². The molecule has 0 bridgehead atoms. The summed E-state index contributed by atoms with van der Waals surface area (Å²) >= 11 is 0. The number of hydrogen-bond acceptors (Lipinski definition) is 4. The van der Waals surface area contributed by atoms with E-state index >= 15 is 0 Å². The highest BCUT2D eigenvalue weighted by Crippen LogP contribution is 2.34. The first-order chi connectivity index (χ1) is 9.67. The van der Waals surface area contributed by atoms with Gasteiger partial charge in [0.15, 0.2) is 0 Å². The van der Waals surface area contributed by atoms with Crippen molar-refractivity contribution in [1.82, 2.24) is 10.3 Å². The van der Waals surface area contributed by atoms with Crippen LogP contribution in [0, 0.1) is 5.92 Å². The summed E-state index contributed by atoms with van der Waals surface area (Å²) in [5, 5.41) is 1.91. The van der Waals surface area contributed by atoms with Gasteiger partial charge in [0.1, 0.15) is 0 Å². The number of anilines is 1. The zero-order chi connectivity index (χ0) is 14.1. The topological polar surface area (TPSA) is 61.6 Å². The smallest absolute Gasteiger partial charge is 0.240 e. The molecule has 2 aliphatic rings. The average molecular weight is 274 g/mol. The normalized spacial score (nSPS) is 27.1.